The lowest BCUT2D eigenvalue weighted by Crippen LogP contribution is -2.38. The van der Waals surface area contributed by atoms with E-state index in [1.165, 1.54) is 23.0 Å². The number of benzene rings is 4. The van der Waals surface area contributed by atoms with E-state index in [4.69, 9.17) is 28.2 Å². The SMILES string of the molecule is O=c1/c(=C\c2cn(Cc3ccccc3F)c3ccccc23)sc2n1[C@H](c1ccc(Cl)cc1Cl)C1=C(N=2)c2ccccc2CC1. The van der Waals surface area contributed by atoms with Crippen LogP contribution in [0.5, 0.6) is 0 Å². The predicted octanol–water partition coefficient (Wildman–Crippen LogP) is 7.77. The molecule has 0 bridgehead atoms. The van der Waals surface area contributed by atoms with E-state index in [1.807, 2.05) is 65.4 Å². The van der Waals surface area contributed by atoms with Crippen LogP contribution >= 0.6 is 34.5 Å². The number of allylic oxidation sites excluding steroid dienone is 1. The highest BCUT2D eigenvalue weighted by Crippen LogP contribution is 2.43. The molecule has 0 amide bonds. The number of rotatable bonds is 4. The standard InChI is InChI=1S/C36H24Cl2FN3OS/c37-24-14-16-27(29(38)18-24)34-28-15-13-21-7-1-3-10-26(21)33(28)40-36-42(34)35(43)32(44-36)17-23-20-41(31-12-6-4-9-25(23)31)19-22-8-2-5-11-30(22)39/h1-12,14,16-18,20,34H,13,15,19H2/b32-17+/t34-/m1/s1. The van der Waals surface area contributed by atoms with Crippen molar-refractivity contribution < 1.29 is 4.39 Å². The van der Waals surface area contributed by atoms with Crippen molar-refractivity contribution in [2.75, 3.05) is 0 Å². The van der Waals surface area contributed by atoms with E-state index < -0.39 is 6.04 Å². The minimum absolute atomic E-state index is 0.124. The first-order chi connectivity index (χ1) is 21.5. The molecule has 6 aromatic rings. The van der Waals surface area contributed by atoms with E-state index in [0.717, 1.165) is 51.7 Å². The van der Waals surface area contributed by atoms with Gasteiger partial charge in [0.15, 0.2) is 4.80 Å². The Morgan fingerprint density at radius 2 is 1.75 bits per heavy atom. The van der Waals surface area contributed by atoms with Gasteiger partial charge in [-0.25, -0.2) is 9.38 Å². The molecular weight excluding hydrogens is 612 g/mol. The van der Waals surface area contributed by atoms with Crippen LogP contribution in [0.4, 0.5) is 4.39 Å². The quantitative estimate of drug-likeness (QED) is 0.195. The fraction of sp³-hybridized carbons (Fsp3) is 0.111. The molecule has 0 saturated carbocycles. The van der Waals surface area contributed by atoms with Crippen molar-refractivity contribution in [1.82, 2.24) is 9.13 Å². The van der Waals surface area contributed by atoms with Gasteiger partial charge in [0.2, 0.25) is 0 Å². The number of hydrogen-bond donors (Lipinski definition) is 0. The van der Waals surface area contributed by atoms with Gasteiger partial charge in [-0.1, -0.05) is 101 Å². The Labute approximate surface area is 266 Å². The number of thiazole rings is 1. The molecule has 0 radical (unpaired) electrons. The van der Waals surface area contributed by atoms with Crippen molar-refractivity contribution >= 4 is 57.2 Å². The van der Waals surface area contributed by atoms with Crippen molar-refractivity contribution in [2.45, 2.75) is 25.4 Å². The lowest BCUT2D eigenvalue weighted by atomic mass is 9.83. The molecule has 0 saturated heterocycles. The molecule has 0 fully saturated rings. The average Bonchev–Trinajstić information content (AvgIpc) is 3.53. The third kappa shape index (κ3) is 4.48. The summed E-state index contributed by atoms with van der Waals surface area (Å²) in [5, 5.41) is 2.04. The lowest BCUT2D eigenvalue weighted by Gasteiger charge is -2.31. The molecule has 8 rings (SSSR count). The molecule has 2 aromatic heterocycles. The summed E-state index contributed by atoms with van der Waals surface area (Å²) in [6, 6.07) is 28.2. The van der Waals surface area contributed by atoms with Gasteiger partial charge in [-0.05, 0) is 59.9 Å². The van der Waals surface area contributed by atoms with E-state index in [0.29, 0.717) is 31.5 Å². The van der Waals surface area contributed by atoms with Gasteiger partial charge in [0.25, 0.3) is 5.56 Å². The molecule has 0 N–H and O–H groups in total. The van der Waals surface area contributed by atoms with Crippen LogP contribution in [-0.4, -0.2) is 9.13 Å². The summed E-state index contributed by atoms with van der Waals surface area (Å²) < 4.78 is 19.0. The number of aryl methyl sites for hydroxylation is 1. The van der Waals surface area contributed by atoms with Crippen LogP contribution < -0.4 is 14.9 Å². The van der Waals surface area contributed by atoms with Gasteiger partial charge in [-0.3, -0.25) is 9.36 Å². The molecule has 8 heteroatoms. The van der Waals surface area contributed by atoms with Gasteiger partial charge in [0, 0.05) is 43.8 Å². The fourth-order valence-corrected chi connectivity index (χ4v) is 8.00. The fourth-order valence-electron chi connectivity index (χ4n) is 6.49. The first-order valence-corrected chi connectivity index (χ1v) is 15.9. The van der Waals surface area contributed by atoms with Crippen LogP contribution in [0, 0.1) is 5.82 Å². The van der Waals surface area contributed by atoms with Crippen molar-refractivity contribution in [3.8, 4) is 0 Å². The molecule has 4 aromatic carbocycles. The van der Waals surface area contributed by atoms with Gasteiger partial charge in [-0.15, -0.1) is 0 Å². The molecule has 0 unspecified atom stereocenters. The number of hydrogen-bond acceptors (Lipinski definition) is 3. The Morgan fingerprint density at radius 1 is 0.955 bits per heavy atom. The minimum atomic E-state index is -0.399. The predicted molar refractivity (Wildman–Crippen MR) is 177 cm³/mol. The topological polar surface area (TPSA) is 39.3 Å². The third-order valence-corrected chi connectivity index (χ3v) is 10.1. The monoisotopic (exact) mass is 635 g/mol. The minimum Gasteiger partial charge on any atom is -0.342 e. The Hall–Kier alpha value is -4.23. The summed E-state index contributed by atoms with van der Waals surface area (Å²) in [6.45, 7) is 0.378. The van der Waals surface area contributed by atoms with Crippen LogP contribution in [-0.2, 0) is 13.0 Å². The molecule has 216 valence electrons. The summed E-state index contributed by atoms with van der Waals surface area (Å²) in [5.74, 6) is -0.244. The smallest absolute Gasteiger partial charge is 0.271 e. The van der Waals surface area contributed by atoms with E-state index in [9.17, 15) is 9.18 Å². The van der Waals surface area contributed by atoms with E-state index in [-0.39, 0.29) is 11.4 Å². The number of fused-ring (bicyclic) bond motifs is 4. The largest absolute Gasteiger partial charge is 0.342 e. The second-order valence-electron chi connectivity index (χ2n) is 11.1. The molecule has 4 nitrogen and oxygen atoms in total. The summed E-state index contributed by atoms with van der Waals surface area (Å²) in [7, 11) is 0. The Morgan fingerprint density at radius 3 is 2.61 bits per heavy atom. The zero-order valence-electron chi connectivity index (χ0n) is 23.3. The summed E-state index contributed by atoms with van der Waals surface area (Å²) in [5.41, 5.74) is 7.49. The van der Waals surface area contributed by atoms with Gasteiger partial charge in [-0.2, -0.15) is 0 Å². The van der Waals surface area contributed by atoms with Crippen molar-refractivity contribution in [3.05, 3.63) is 166 Å². The average molecular weight is 637 g/mol. The van der Waals surface area contributed by atoms with Crippen LogP contribution in [0.25, 0.3) is 22.7 Å². The van der Waals surface area contributed by atoms with Gasteiger partial charge < -0.3 is 4.57 Å². The maximum atomic E-state index is 14.6. The van der Waals surface area contributed by atoms with E-state index in [2.05, 4.69) is 18.2 Å². The Balaban J connectivity index is 1.34. The third-order valence-electron chi connectivity index (χ3n) is 8.53. The van der Waals surface area contributed by atoms with E-state index >= 15 is 0 Å². The highest BCUT2D eigenvalue weighted by molar-refractivity contribution is 7.07. The molecule has 1 aliphatic carbocycles. The molecule has 2 aliphatic rings. The second-order valence-corrected chi connectivity index (χ2v) is 13.0. The Bertz CT molecular complexity index is 2350. The lowest BCUT2D eigenvalue weighted by molar-refractivity contribution is 0.585. The van der Waals surface area contributed by atoms with Crippen molar-refractivity contribution in [2.24, 2.45) is 4.99 Å². The number of para-hydroxylation sites is 1. The molecule has 1 atom stereocenters. The number of halogens is 3. The maximum Gasteiger partial charge on any atom is 0.271 e. The van der Waals surface area contributed by atoms with Gasteiger partial charge in [0.05, 0.1) is 22.8 Å². The summed E-state index contributed by atoms with van der Waals surface area (Å²) in [6.07, 6.45) is 5.55. The second kappa shape index (κ2) is 10.7. The molecular formula is C36H24Cl2FN3OS. The molecule has 44 heavy (non-hydrogen) atoms. The molecule has 3 heterocycles. The molecule has 0 spiro atoms. The summed E-state index contributed by atoms with van der Waals surface area (Å²) in [4.78, 5) is 20.1. The first-order valence-electron chi connectivity index (χ1n) is 14.4. The Kier molecular flexibility index (Phi) is 6.67. The zero-order chi connectivity index (χ0) is 29.9. The number of aromatic nitrogens is 2. The van der Waals surface area contributed by atoms with Gasteiger partial charge >= 0.3 is 0 Å². The van der Waals surface area contributed by atoms with E-state index in [1.54, 1.807) is 22.8 Å². The highest BCUT2D eigenvalue weighted by atomic mass is 35.5. The van der Waals surface area contributed by atoms with Crippen LogP contribution in [0.3, 0.4) is 0 Å². The van der Waals surface area contributed by atoms with Crippen molar-refractivity contribution in [3.63, 3.8) is 0 Å². The maximum absolute atomic E-state index is 14.6. The van der Waals surface area contributed by atoms with Crippen LogP contribution in [0.15, 0.2) is 113 Å². The first kappa shape index (κ1) is 27.3. The van der Waals surface area contributed by atoms with Crippen molar-refractivity contribution in [1.29, 1.82) is 0 Å². The van der Waals surface area contributed by atoms with Crippen LogP contribution in [0.2, 0.25) is 10.0 Å². The van der Waals surface area contributed by atoms with Gasteiger partial charge in [0.1, 0.15) is 5.82 Å². The molecule has 1 aliphatic heterocycles. The highest BCUT2D eigenvalue weighted by Gasteiger charge is 2.33. The van der Waals surface area contributed by atoms with Crippen LogP contribution in [0.1, 0.15) is 40.3 Å². The zero-order valence-corrected chi connectivity index (χ0v) is 25.6. The number of nitrogens with zero attached hydrogens (tertiary/aromatic N) is 3. The normalized spacial score (nSPS) is 16.1. The summed E-state index contributed by atoms with van der Waals surface area (Å²) >= 11 is 14.5.